The van der Waals surface area contributed by atoms with E-state index >= 15 is 0 Å². The molecule has 3 N–H and O–H groups in total. The summed E-state index contributed by atoms with van der Waals surface area (Å²) in [5.74, 6) is -1.87. The lowest BCUT2D eigenvalue weighted by Crippen LogP contribution is -2.43. The average Bonchev–Trinajstić information content (AvgIpc) is 3.73. The number of ether oxygens (including phenoxy) is 1. The number of carbonyl (C=O) groups is 2. The summed E-state index contributed by atoms with van der Waals surface area (Å²) in [6.07, 6.45) is 7.48. The van der Waals surface area contributed by atoms with Gasteiger partial charge >= 0.3 is 22.3 Å². The van der Waals surface area contributed by atoms with Gasteiger partial charge in [0.05, 0.1) is 21.3 Å². The molecule has 2 atom stereocenters. The number of hydrogen-bond donors (Lipinski definition) is 3. The predicted octanol–water partition coefficient (Wildman–Crippen LogP) is 3.91. The Labute approximate surface area is 236 Å². The van der Waals surface area contributed by atoms with Crippen LogP contribution in [0.15, 0.2) is 60.7 Å². The average molecular weight is 581 g/mol. The zero-order valence-electron chi connectivity index (χ0n) is 23.2. The molecule has 2 aliphatic carbocycles. The number of carboxylic acid groups (broad SMARTS) is 1. The Morgan fingerprint density at radius 2 is 1.05 bits per heavy atom. The number of aliphatic hydroxyl groups is 2. The lowest BCUT2D eigenvalue weighted by molar-refractivity contribution is -0.170. The third-order valence-electron chi connectivity index (χ3n) is 7.55. The number of methoxy groups -OCH3 is 1. The van der Waals surface area contributed by atoms with E-state index in [9.17, 15) is 33.3 Å². The maximum absolute atomic E-state index is 11.9. The second-order valence-electron chi connectivity index (χ2n) is 9.77. The van der Waals surface area contributed by atoms with Gasteiger partial charge in [0.25, 0.3) is 0 Å². The number of carbonyl (C=O) groups excluding carboxylic acids is 1. The SMILES string of the molecule is COC(=O)C(O)(c1ccccc1)C1CCCC1.COS(=O)(=O)OC.O=C(O)C(O)(c1ccccc1)C1CCCC1. The standard InChI is InChI=1S/C14H18O3.C13H16O3.C2H6O4S/c1-17-13(15)14(16,12-9-5-6-10-12)11-7-3-2-4-8-11;14-12(15)13(16,11-8-4-5-9-11)10-6-2-1-3-7-10;1-5-7(3,4)6-2/h2-4,7-8,12,16H,5-6,9-10H2,1H3;1-3,6-7,11,16H,4-5,8-9H2,(H,14,15);1-2H3. The second kappa shape index (κ2) is 15.2. The van der Waals surface area contributed by atoms with Crippen LogP contribution < -0.4 is 0 Å². The predicted molar refractivity (Wildman–Crippen MR) is 147 cm³/mol. The van der Waals surface area contributed by atoms with E-state index in [1.807, 2.05) is 24.3 Å². The van der Waals surface area contributed by atoms with Crippen LogP contribution in [0, 0.1) is 11.8 Å². The largest absolute Gasteiger partial charge is 0.479 e. The smallest absolute Gasteiger partial charge is 0.399 e. The highest BCUT2D eigenvalue weighted by atomic mass is 32.3. The lowest BCUT2D eigenvalue weighted by atomic mass is 9.80. The van der Waals surface area contributed by atoms with E-state index < -0.39 is 33.5 Å². The van der Waals surface area contributed by atoms with Crippen LogP contribution in [0.3, 0.4) is 0 Å². The number of aliphatic carboxylic acids is 1. The van der Waals surface area contributed by atoms with Gasteiger partial charge in [-0.3, -0.25) is 8.37 Å². The maximum atomic E-state index is 11.9. The van der Waals surface area contributed by atoms with E-state index in [0.717, 1.165) is 65.6 Å². The van der Waals surface area contributed by atoms with Crippen LogP contribution in [0.4, 0.5) is 0 Å². The van der Waals surface area contributed by atoms with E-state index in [2.05, 4.69) is 8.37 Å². The summed E-state index contributed by atoms with van der Waals surface area (Å²) in [4.78, 5) is 23.3. The van der Waals surface area contributed by atoms with Crippen molar-refractivity contribution in [2.24, 2.45) is 11.8 Å². The summed E-state index contributed by atoms with van der Waals surface area (Å²) in [6.45, 7) is 0. The first-order valence-corrected chi connectivity index (χ1v) is 14.5. The number of benzene rings is 2. The molecule has 2 unspecified atom stereocenters. The number of esters is 1. The van der Waals surface area contributed by atoms with Crippen molar-refractivity contribution in [2.75, 3.05) is 21.3 Å². The highest BCUT2D eigenvalue weighted by Gasteiger charge is 2.48. The normalized spacial score (nSPS) is 18.7. The number of carboxylic acids is 1. The van der Waals surface area contributed by atoms with Gasteiger partial charge in [0.2, 0.25) is 0 Å². The van der Waals surface area contributed by atoms with Crippen LogP contribution in [-0.2, 0) is 44.3 Å². The Morgan fingerprint density at radius 1 is 0.700 bits per heavy atom. The van der Waals surface area contributed by atoms with E-state index in [1.165, 1.54) is 7.11 Å². The van der Waals surface area contributed by atoms with E-state index in [1.54, 1.807) is 36.4 Å². The third-order valence-corrected chi connectivity index (χ3v) is 8.37. The van der Waals surface area contributed by atoms with Gasteiger partial charge in [-0.25, -0.2) is 9.59 Å². The van der Waals surface area contributed by atoms with Crippen molar-refractivity contribution in [1.29, 1.82) is 0 Å². The summed E-state index contributed by atoms with van der Waals surface area (Å²) in [5.41, 5.74) is -2.06. The summed E-state index contributed by atoms with van der Waals surface area (Å²) in [5, 5.41) is 30.5. The molecule has 2 aromatic rings. The fourth-order valence-corrected chi connectivity index (χ4v) is 5.49. The van der Waals surface area contributed by atoms with Gasteiger partial charge in [-0.05, 0) is 36.8 Å². The molecule has 40 heavy (non-hydrogen) atoms. The Bertz CT molecular complexity index is 1150. The fraction of sp³-hybridized carbons (Fsp3) is 0.517. The fourth-order valence-electron chi connectivity index (χ4n) is 5.35. The molecule has 0 bridgehead atoms. The zero-order valence-corrected chi connectivity index (χ0v) is 24.0. The van der Waals surface area contributed by atoms with E-state index in [-0.39, 0.29) is 11.8 Å². The quantitative estimate of drug-likeness (QED) is 0.391. The van der Waals surface area contributed by atoms with Crippen LogP contribution >= 0.6 is 0 Å². The minimum atomic E-state index is -3.66. The first kappa shape index (κ1) is 33.4. The number of rotatable bonds is 8. The molecule has 0 heterocycles. The molecule has 2 fully saturated rings. The molecule has 2 aromatic carbocycles. The van der Waals surface area contributed by atoms with Crippen LogP contribution in [0.1, 0.15) is 62.5 Å². The van der Waals surface area contributed by atoms with Crippen molar-refractivity contribution < 1.29 is 46.4 Å². The molecule has 11 heteroatoms. The molecule has 2 saturated carbocycles. The monoisotopic (exact) mass is 580 g/mol. The molecule has 4 rings (SSSR count). The third kappa shape index (κ3) is 8.11. The topological polar surface area (TPSA) is 157 Å². The van der Waals surface area contributed by atoms with Crippen LogP contribution in [-0.4, -0.2) is 57.0 Å². The molecule has 0 aliphatic heterocycles. The Hall–Kier alpha value is -2.83. The Balaban J connectivity index is 0.000000229. The van der Waals surface area contributed by atoms with E-state index in [4.69, 9.17) is 4.74 Å². The van der Waals surface area contributed by atoms with Crippen molar-refractivity contribution in [3.05, 3.63) is 71.8 Å². The molecular formula is C29H40O10S. The first-order chi connectivity index (χ1) is 19.0. The highest BCUT2D eigenvalue weighted by Crippen LogP contribution is 2.42. The van der Waals surface area contributed by atoms with Gasteiger partial charge in [-0.2, -0.15) is 8.42 Å². The second-order valence-corrected chi connectivity index (χ2v) is 11.2. The van der Waals surface area contributed by atoms with Gasteiger partial charge in [0.1, 0.15) is 0 Å². The van der Waals surface area contributed by atoms with E-state index in [0.29, 0.717) is 11.1 Å². The van der Waals surface area contributed by atoms with Gasteiger partial charge < -0.3 is 20.1 Å². The van der Waals surface area contributed by atoms with Gasteiger partial charge in [-0.1, -0.05) is 86.3 Å². The Kier molecular flexibility index (Phi) is 12.7. The van der Waals surface area contributed by atoms with Crippen LogP contribution in [0.25, 0.3) is 0 Å². The van der Waals surface area contributed by atoms with Crippen molar-refractivity contribution in [1.82, 2.24) is 0 Å². The van der Waals surface area contributed by atoms with Gasteiger partial charge in [-0.15, -0.1) is 0 Å². The molecule has 0 saturated heterocycles. The molecule has 222 valence electrons. The summed E-state index contributed by atoms with van der Waals surface area (Å²) >= 11 is 0. The highest BCUT2D eigenvalue weighted by molar-refractivity contribution is 7.81. The van der Waals surface area contributed by atoms with Crippen LogP contribution in [0.2, 0.25) is 0 Å². The minimum Gasteiger partial charge on any atom is -0.479 e. The molecule has 2 aliphatic rings. The summed E-state index contributed by atoms with van der Waals surface area (Å²) in [6, 6.07) is 17.8. The zero-order chi connectivity index (χ0) is 29.8. The van der Waals surface area contributed by atoms with Crippen molar-refractivity contribution in [2.45, 2.75) is 62.6 Å². The van der Waals surface area contributed by atoms with Gasteiger partial charge in [0.15, 0.2) is 11.2 Å². The summed E-state index contributed by atoms with van der Waals surface area (Å²) < 4.78 is 32.3. The van der Waals surface area contributed by atoms with Crippen LogP contribution in [0.5, 0.6) is 0 Å². The van der Waals surface area contributed by atoms with Crippen molar-refractivity contribution >= 4 is 22.3 Å². The van der Waals surface area contributed by atoms with Gasteiger partial charge in [0, 0.05) is 11.8 Å². The molecule has 0 spiro atoms. The molecular weight excluding hydrogens is 540 g/mol. The lowest BCUT2D eigenvalue weighted by Gasteiger charge is -2.31. The Morgan fingerprint density at radius 3 is 1.35 bits per heavy atom. The first-order valence-electron chi connectivity index (χ1n) is 13.2. The molecule has 10 nitrogen and oxygen atoms in total. The van der Waals surface area contributed by atoms with Crippen molar-refractivity contribution in [3.63, 3.8) is 0 Å². The molecule has 0 amide bonds. The maximum Gasteiger partial charge on any atom is 0.399 e. The molecule has 0 aromatic heterocycles. The van der Waals surface area contributed by atoms with Crippen molar-refractivity contribution in [3.8, 4) is 0 Å². The number of hydrogen-bond acceptors (Lipinski definition) is 9. The summed E-state index contributed by atoms with van der Waals surface area (Å²) in [7, 11) is -0.280. The minimum absolute atomic E-state index is 0.0302. The molecule has 0 radical (unpaired) electrons.